The molecular weight excluding hydrogens is 312 g/mol. The Bertz CT molecular complexity index is 956. The summed E-state index contributed by atoms with van der Waals surface area (Å²) in [6, 6.07) is 20.7. The number of H-pyrrole nitrogens is 1. The zero-order valence-electron chi connectivity index (χ0n) is 13.4. The van der Waals surface area contributed by atoms with E-state index in [1.54, 1.807) is 18.5 Å². The minimum atomic E-state index is -0.326. The fourth-order valence-corrected chi connectivity index (χ4v) is 2.89. The first-order valence-corrected chi connectivity index (χ1v) is 8.02. The highest BCUT2D eigenvalue weighted by Gasteiger charge is 2.20. The first-order chi connectivity index (χ1) is 12.3. The molecular formula is C20H16N4O. The Morgan fingerprint density at radius 1 is 0.960 bits per heavy atom. The third-order valence-corrected chi connectivity index (χ3v) is 4.11. The van der Waals surface area contributed by atoms with E-state index in [-0.39, 0.29) is 11.9 Å². The molecule has 1 atom stereocenters. The molecule has 0 saturated carbocycles. The van der Waals surface area contributed by atoms with E-state index >= 15 is 0 Å². The largest absolute Gasteiger partial charge is 0.339 e. The SMILES string of the molecule is O=C(NC(c1ccccc1)c1ccccn1)c1cccc2cn[nH]c12. The Morgan fingerprint density at radius 2 is 1.80 bits per heavy atom. The molecule has 5 nitrogen and oxygen atoms in total. The number of para-hydroxylation sites is 1. The Hall–Kier alpha value is -3.47. The van der Waals surface area contributed by atoms with Crippen molar-refractivity contribution in [2.24, 2.45) is 0 Å². The molecule has 122 valence electrons. The van der Waals surface area contributed by atoms with Crippen LogP contribution in [0.2, 0.25) is 0 Å². The molecule has 0 saturated heterocycles. The first-order valence-electron chi connectivity index (χ1n) is 8.02. The maximum absolute atomic E-state index is 12.9. The fraction of sp³-hybridized carbons (Fsp3) is 0.0500. The highest BCUT2D eigenvalue weighted by atomic mass is 16.1. The summed E-state index contributed by atoms with van der Waals surface area (Å²) in [5.74, 6) is -0.172. The van der Waals surface area contributed by atoms with E-state index in [4.69, 9.17) is 0 Å². The second-order valence-electron chi connectivity index (χ2n) is 5.71. The number of carbonyl (C=O) groups is 1. The van der Waals surface area contributed by atoms with Crippen molar-refractivity contribution in [3.8, 4) is 0 Å². The number of pyridine rings is 1. The van der Waals surface area contributed by atoms with E-state index < -0.39 is 0 Å². The number of carbonyl (C=O) groups excluding carboxylic acids is 1. The molecule has 5 heteroatoms. The topological polar surface area (TPSA) is 70.7 Å². The monoisotopic (exact) mass is 328 g/mol. The Morgan fingerprint density at radius 3 is 2.60 bits per heavy atom. The minimum Gasteiger partial charge on any atom is -0.339 e. The lowest BCUT2D eigenvalue weighted by Gasteiger charge is -2.19. The summed E-state index contributed by atoms with van der Waals surface area (Å²) in [7, 11) is 0. The molecule has 25 heavy (non-hydrogen) atoms. The molecule has 2 heterocycles. The molecule has 4 aromatic rings. The predicted molar refractivity (Wildman–Crippen MR) is 96.1 cm³/mol. The van der Waals surface area contributed by atoms with E-state index in [0.29, 0.717) is 5.56 Å². The normalized spacial score (nSPS) is 12.0. The summed E-state index contributed by atoms with van der Waals surface area (Å²) in [5.41, 5.74) is 3.06. The number of nitrogens with one attached hydrogen (secondary N) is 2. The summed E-state index contributed by atoms with van der Waals surface area (Å²) in [6.45, 7) is 0. The molecule has 0 aliphatic rings. The number of fused-ring (bicyclic) bond motifs is 1. The zero-order chi connectivity index (χ0) is 17.1. The van der Waals surface area contributed by atoms with Gasteiger partial charge < -0.3 is 5.32 Å². The van der Waals surface area contributed by atoms with Crippen molar-refractivity contribution in [2.75, 3.05) is 0 Å². The van der Waals surface area contributed by atoms with Gasteiger partial charge in [-0.2, -0.15) is 5.10 Å². The van der Waals surface area contributed by atoms with E-state index in [1.807, 2.05) is 60.7 Å². The zero-order valence-corrected chi connectivity index (χ0v) is 13.4. The van der Waals surface area contributed by atoms with Gasteiger partial charge in [-0.15, -0.1) is 0 Å². The molecule has 2 N–H and O–H groups in total. The number of rotatable bonds is 4. The lowest BCUT2D eigenvalue weighted by Crippen LogP contribution is -2.30. The summed E-state index contributed by atoms with van der Waals surface area (Å²) in [6.07, 6.45) is 3.44. The van der Waals surface area contributed by atoms with Crippen LogP contribution in [0.25, 0.3) is 10.9 Å². The Kier molecular flexibility index (Phi) is 3.96. The van der Waals surface area contributed by atoms with Crippen LogP contribution in [0.5, 0.6) is 0 Å². The number of benzene rings is 2. The van der Waals surface area contributed by atoms with Gasteiger partial charge in [0.25, 0.3) is 5.91 Å². The second kappa shape index (κ2) is 6.57. The van der Waals surface area contributed by atoms with E-state index in [9.17, 15) is 4.79 Å². The van der Waals surface area contributed by atoms with Crippen molar-refractivity contribution < 1.29 is 4.79 Å². The van der Waals surface area contributed by atoms with Gasteiger partial charge in [-0.3, -0.25) is 14.9 Å². The molecule has 0 aliphatic carbocycles. The van der Waals surface area contributed by atoms with Gasteiger partial charge in [-0.05, 0) is 23.8 Å². The van der Waals surface area contributed by atoms with Crippen molar-refractivity contribution in [3.05, 3.63) is 95.9 Å². The number of aromatic amines is 1. The lowest BCUT2D eigenvalue weighted by atomic mass is 10.0. The summed E-state index contributed by atoms with van der Waals surface area (Å²) < 4.78 is 0. The fourth-order valence-electron chi connectivity index (χ4n) is 2.89. The van der Waals surface area contributed by atoms with Crippen molar-refractivity contribution >= 4 is 16.8 Å². The highest BCUT2D eigenvalue weighted by Crippen LogP contribution is 2.22. The second-order valence-corrected chi connectivity index (χ2v) is 5.71. The predicted octanol–water partition coefficient (Wildman–Crippen LogP) is 3.48. The van der Waals surface area contributed by atoms with Crippen molar-refractivity contribution in [1.82, 2.24) is 20.5 Å². The summed E-state index contributed by atoms with van der Waals surface area (Å²) in [4.78, 5) is 17.3. The molecule has 1 amide bonds. The molecule has 2 aromatic carbocycles. The van der Waals surface area contributed by atoms with Gasteiger partial charge >= 0.3 is 0 Å². The van der Waals surface area contributed by atoms with Gasteiger partial charge in [0.1, 0.15) is 0 Å². The van der Waals surface area contributed by atoms with Crippen LogP contribution in [0.3, 0.4) is 0 Å². The number of hydrogen-bond donors (Lipinski definition) is 2. The van der Waals surface area contributed by atoms with Crippen molar-refractivity contribution in [3.63, 3.8) is 0 Å². The summed E-state index contributed by atoms with van der Waals surface area (Å²) in [5, 5.41) is 10.9. The molecule has 0 fully saturated rings. The van der Waals surface area contributed by atoms with Crippen LogP contribution >= 0.6 is 0 Å². The smallest absolute Gasteiger partial charge is 0.254 e. The average molecular weight is 328 g/mol. The number of aromatic nitrogens is 3. The average Bonchev–Trinajstić information content (AvgIpc) is 3.16. The molecule has 0 bridgehead atoms. The van der Waals surface area contributed by atoms with Crippen molar-refractivity contribution in [2.45, 2.75) is 6.04 Å². The molecule has 0 radical (unpaired) electrons. The van der Waals surface area contributed by atoms with E-state index in [1.165, 1.54) is 0 Å². The minimum absolute atomic E-state index is 0.172. The van der Waals surface area contributed by atoms with Crippen LogP contribution in [0.1, 0.15) is 27.7 Å². The number of nitrogens with zero attached hydrogens (tertiary/aromatic N) is 2. The number of hydrogen-bond acceptors (Lipinski definition) is 3. The van der Waals surface area contributed by atoms with Crippen LogP contribution in [0.4, 0.5) is 0 Å². The quantitative estimate of drug-likeness (QED) is 0.602. The number of amides is 1. The van der Waals surface area contributed by atoms with Gasteiger partial charge in [0.05, 0.1) is 29.0 Å². The van der Waals surface area contributed by atoms with Gasteiger partial charge in [0, 0.05) is 11.6 Å². The Labute approximate surface area is 144 Å². The van der Waals surface area contributed by atoms with Gasteiger partial charge in [-0.1, -0.05) is 48.5 Å². The first kappa shape index (κ1) is 15.1. The van der Waals surface area contributed by atoms with E-state index in [2.05, 4.69) is 20.5 Å². The lowest BCUT2D eigenvalue weighted by molar-refractivity contribution is 0.0944. The third kappa shape index (κ3) is 2.99. The maximum Gasteiger partial charge on any atom is 0.254 e. The third-order valence-electron chi connectivity index (χ3n) is 4.11. The molecule has 0 aliphatic heterocycles. The molecule has 1 unspecified atom stereocenters. The van der Waals surface area contributed by atoms with E-state index in [0.717, 1.165) is 22.2 Å². The molecule has 2 aromatic heterocycles. The highest BCUT2D eigenvalue weighted by molar-refractivity contribution is 6.05. The maximum atomic E-state index is 12.9. The van der Waals surface area contributed by atoms with Gasteiger partial charge in [0.2, 0.25) is 0 Å². The Balaban J connectivity index is 1.72. The van der Waals surface area contributed by atoms with Crippen LogP contribution in [-0.4, -0.2) is 21.1 Å². The van der Waals surface area contributed by atoms with Crippen LogP contribution in [0.15, 0.2) is 79.1 Å². The van der Waals surface area contributed by atoms with Crippen molar-refractivity contribution in [1.29, 1.82) is 0 Å². The molecule has 4 rings (SSSR count). The van der Waals surface area contributed by atoms with Gasteiger partial charge in [-0.25, -0.2) is 0 Å². The van der Waals surface area contributed by atoms with Crippen LogP contribution in [-0.2, 0) is 0 Å². The summed E-state index contributed by atoms with van der Waals surface area (Å²) >= 11 is 0. The van der Waals surface area contributed by atoms with Crippen LogP contribution in [0, 0.1) is 0 Å². The standard InChI is InChI=1S/C20H16N4O/c25-20(16-10-6-9-15-13-22-24-18(15)16)23-19(14-7-2-1-3-8-14)17-11-4-5-12-21-17/h1-13,19H,(H,22,24)(H,23,25). The van der Waals surface area contributed by atoms with Crippen LogP contribution < -0.4 is 5.32 Å². The van der Waals surface area contributed by atoms with Gasteiger partial charge in [0.15, 0.2) is 0 Å². The molecule has 0 spiro atoms.